The smallest absolute Gasteiger partial charge is 0.393 e. The second-order valence-electron chi connectivity index (χ2n) is 32.9. The Kier molecular flexibility index (Phi) is 29.6. The lowest BCUT2D eigenvalue weighted by Crippen LogP contribution is -2.59. The van der Waals surface area contributed by atoms with E-state index in [1.165, 1.54) is 103 Å². The van der Waals surface area contributed by atoms with Crippen LogP contribution in [0.5, 0.6) is 0 Å². The van der Waals surface area contributed by atoms with E-state index in [9.17, 15) is 36.2 Å². The second kappa shape index (κ2) is 34.7. The lowest BCUT2D eigenvalue weighted by molar-refractivity contribution is -0.167. The molecule has 0 aromatic carbocycles. The molecule has 8 rings (SSSR count). The van der Waals surface area contributed by atoms with E-state index in [1.54, 1.807) is 0 Å². The largest absolute Gasteiger partial charge is 0.397 e. The Morgan fingerprint density at radius 3 is 1.14 bits per heavy atom. The maximum absolute atomic E-state index is 11.8. The van der Waals surface area contributed by atoms with Crippen LogP contribution in [-0.2, 0) is 29.2 Å². The fraction of sp³-hybridized carbons (Fsp3) is 1.00. The molecule has 0 amide bonds. The highest BCUT2D eigenvalue weighted by Gasteiger charge is 2.65. The van der Waals surface area contributed by atoms with Crippen molar-refractivity contribution >= 4 is 20.8 Å². The van der Waals surface area contributed by atoms with Gasteiger partial charge in [-0.25, -0.2) is 8.37 Å². The number of nitrogens with one attached hydrogen (secondary N) is 5. The Labute approximate surface area is 549 Å². The Morgan fingerprint density at radius 1 is 0.433 bits per heavy atom. The van der Waals surface area contributed by atoms with Crippen molar-refractivity contribution in [2.24, 2.45) is 116 Å². The molecule has 8 saturated carbocycles. The van der Waals surface area contributed by atoms with Crippen LogP contribution in [0.4, 0.5) is 0 Å². The number of aliphatic hydroxyl groups excluding tert-OH is 2. The molecule has 0 aliphatic heterocycles. The van der Waals surface area contributed by atoms with Crippen molar-refractivity contribution in [3.05, 3.63) is 0 Å². The summed E-state index contributed by atoms with van der Waals surface area (Å²) in [5, 5.41) is 42.0. The molecule has 8 aliphatic rings. The van der Waals surface area contributed by atoms with Gasteiger partial charge in [-0.3, -0.25) is 9.11 Å². The zero-order valence-electron chi connectivity index (χ0n) is 58.4. The first-order chi connectivity index (χ1) is 42.6. The molecule has 19 heteroatoms. The summed E-state index contributed by atoms with van der Waals surface area (Å²) in [7, 11) is -8.91. The summed E-state index contributed by atoms with van der Waals surface area (Å²) in [5.41, 5.74) is 12.2. The van der Waals surface area contributed by atoms with Gasteiger partial charge in [0.1, 0.15) is 0 Å². The molecule has 13 N–H and O–H groups in total. The molecule has 10 unspecified atom stereocenters. The minimum Gasteiger partial charge on any atom is -0.393 e. The van der Waals surface area contributed by atoms with Gasteiger partial charge in [-0.2, -0.15) is 16.8 Å². The van der Waals surface area contributed by atoms with Crippen LogP contribution in [0.1, 0.15) is 243 Å². The topological polar surface area (TPSA) is 280 Å². The van der Waals surface area contributed by atoms with Crippen molar-refractivity contribution in [1.29, 1.82) is 0 Å². The molecule has 0 saturated heterocycles. The number of nitrogens with two attached hydrogens (primary N) is 2. The zero-order chi connectivity index (χ0) is 65.7. The Bertz CT molecular complexity index is 2340. The number of hydrogen-bond acceptors (Lipinski definition) is 15. The molecule has 0 spiro atoms. The first kappa shape index (κ1) is 76.7. The number of hydrogen-bond donors (Lipinski definition) is 11. The molecule has 528 valence electrons. The Morgan fingerprint density at radius 2 is 0.778 bits per heavy atom. The van der Waals surface area contributed by atoms with Gasteiger partial charge in [0.2, 0.25) is 0 Å². The molecule has 0 aromatic rings. The van der Waals surface area contributed by atoms with Gasteiger partial charge >= 0.3 is 20.8 Å². The van der Waals surface area contributed by atoms with Gasteiger partial charge in [0.15, 0.2) is 0 Å². The summed E-state index contributed by atoms with van der Waals surface area (Å²) in [6.07, 6.45) is 28.7. The molecular formula is C71H137N7O10S2. The van der Waals surface area contributed by atoms with Crippen LogP contribution in [0, 0.1) is 105 Å². The van der Waals surface area contributed by atoms with Gasteiger partial charge < -0.3 is 48.3 Å². The average Bonchev–Trinajstić information content (AvgIpc) is 1.32. The average molecular weight is 1310 g/mol. The summed E-state index contributed by atoms with van der Waals surface area (Å²) in [6, 6.07) is 1.14. The molecule has 8 aliphatic carbocycles. The Hall–Kier alpha value is -0.620. The third-order valence-electron chi connectivity index (χ3n) is 26.9. The fourth-order valence-corrected chi connectivity index (χ4v) is 23.1. The lowest BCUT2D eigenvalue weighted by Gasteiger charge is -2.62. The highest BCUT2D eigenvalue weighted by atomic mass is 32.3. The maximum Gasteiger partial charge on any atom is 0.397 e. The molecule has 0 heterocycles. The molecule has 0 radical (unpaired) electrons. The van der Waals surface area contributed by atoms with E-state index >= 15 is 0 Å². The van der Waals surface area contributed by atoms with Crippen LogP contribution in [0.25, 0.3) is 0 Å². The van der Waals surface area contributed by atoms with Gasteiger partial charge in [0.05, 0.1) is 24.4 Å². The van der Waals surface area contributed by atoms with Crippen molar-refractivity contribution < 1.29 is 44.5 Å². The van der Waals surface area contributed by atoms with E-state index < -0.39 is 33.0 Å². The summed E-state index contributed by atoms with van der Waals surface area (Å²) < 4.78 is 74.3. The maximum atomic E-state index is 11.8. The molecule has 90 heavy (non-hydrogen) atoms. The molecule has 17 nitrogen and oxygen atoms in total. The van der Waals surface area contributed by atoms with Gasteiger partial charge in [0, 0.05) is 12.1 Å². The quantitative estimate of drug-likeness (QED) is 0.0205. The third kappa shape index (κ3) is 19.8. The van der Waals surface area contributed by atoms with Crippen LogP contribution >= 0.6 is 0 Å². The van der Waals surface area contributed by atoms with E-state index in [4.69, 9.17) is 19.8 Å². The molecular weight excluding hydrogens is 1170 g/mol. The van der Waals surface area contributed by atoms with E-state index in [-0.39, 0.29) is 34.9 Å². The van der Waals surface area contributed by atoms with E-state index in [0.29, 0.717) is 107 Å². The van der Waals surface area contributed by atoms with Gasteiger partial charge in [0.25, 0.3) is 0 Å². The predicted octanol–water partition coefficient (Wildman–Crippen LogP) is 11.1. The Balaban J connectivity index is 0.000000257. The van der Waals surface area contributed by atoms with Gasteiger partial charge in [-0.15, -0.1) is 0 Å². The zero-order valence-corrected chi connectivity index (χ0v) is 60.1. The molecule has 0 aromatic heterocycles. The third-order valence-corrected chi connectivity index (χ3v) is 27.9. The summed E-state index contributed by atoms with van der Waals surface area (Å²) in [5.74, 6) is 6.41. The number of unbranched alkanes of at least 4 members (excludes halogenated alkanes) is 2. The van der Waals surface area contributed by atoms with E-state index in [1.807, 2.05) is 27.7 Å². The van der Waals surface area contributed by atoms with Crippen LogP contribution in [0.3, 0.4) is 0 Å². The highest BCUT2D eigenvalue weighted by Crippen LogP contribution is 2.70. The highest BCUT2D eigenvalue weighted by molar-refractivity contribution is 7.81. The van der Waals surface area contributed by atoms with Gasteiger partial charge in [-0.1, -0.05) is 69.2 Å². The van der Waals surface area contributed by atoms with E-state index in [2.05, 4.69) is 68.1 Å². The molecule has 8 fully saturated rings. The minimum absolute atomic E-state index is 0.0137. The summed E-state index contributed by atoms with van der Waals surface area (Å²) in [6.45, 7) is 32.7. The number of fused-ring (bicyclic) bond motifs is 10. The summed E-state index contributed by atoms with van der Waals surface area (Å²) in [4.78, 5) is 0. The first-order valence-electron chi connectivity index (χ1n) is 37.3. The first-order valence-corrected chi connectivity index (χ1v) is 40.0. The van der Waals surface area contributed by atoms with Crippen molar-refractivity contribution in [3.8, 4) is 0 Å². The number of rotatable bonds is 36. The normalized spacial score (nSPS) is 38.0. The van der Waals surface area contributed by atoms with Crippen LogP contribution in [-0.4, -0.2) is 138 Å². The van der Waals surface area contributed by atoms with E-state index in [0.717, 1.165) is 123 Å². The van der Waals surface area contributed by atoms with Crippen molar-refractivity contribution in [1.82, 2.24) is 26.6 Å². The SMILES string of the molecule is CC(C)C(CC[C@@H](C)C1CCC2C3C(CC[C@@]21C)[C@@]1(C)CC[C@H](NCCCNCCCCN)C[C@@H]1C[C@H]3O)OS(=O)(=O)O.CC(C)C(CC[C@@H](C)C1CCC2C3C(CC[C@@]21C)[C@@]1(C)CC[C@H](NCCCNCCCCNCCCN)C[C@@H]1C[C@H]3O)OS(=O)(=O)O. The molecule has 0 bridgehead atoms. The summed E-state index contributed by atoms with van der Waals surface area (Å²) >= 11 is 0. The predicted molar refractivity (Wildman–Crippen MR) is 365 cm³/mol. The van der Waals surface area contributed by atoms with Crippen molar-refractivity contribution in [2.75, 3.05) is 65.4 Å². The minimum atomic E-state index is -4.46. The van der Waals surface area contributed by atoms with Crippen molar-refractivity contribution in [3.63, 3.8) is 0 Å². The second-order valence-corrected chi connectivity index (χ2v) is 35.0. The standard InChI is InChI=1S/C37H72N4O5S.C34H65N3O5S/c1-26(2)34(46-47(43,44)45)13-10-27(3)30-11-12-31-35-32(15-17-37(30,31)5)36(4)16-14-29(24-28(36)25-33(35)42)41-23-9-22-40-20-7-6-19-39-21-8-18-38;1-23(2)31(42-43(39,40)41)12-9-24(3)27-10-11-28-32-29(14-16-34(27,28)5)33(4)15-13-26(21-25(33)22-30(32)38)37-20-8-19-36-18-7-6-17-35/h26-35,39-42H,6-25,38H2,1-5H3,(H,43,44,45);23-32,36-38H,6-22,35H2,1-5H3,(H,39,40,41)/t27-,28-,29+,30?,31?,32?,33-,34?,35?,36+,37-;24-,25-,26+,27?,28?,29?,30-,31?,32?,33+,34-/m11/s1. The van der Waals surface area contributed by atoms with Crippen LogP contribution in [0.15, 0.2) is 0 Å². The van der Waals surface area contributed by atoms with Crippen molar-refractivity contribution in [2.45, 2.75) is 279 Å². The lowest BCUT2D eigenvalue weighted by atomic mass is 9.43. The van der Waals surface area contributed by atoms with Gasteiger partial charge in [-0.05, 0) is 343 Å². The number of aliphatic hydroxyl groups is 2. The molecule has 22 atom stereocenters. The van der Waals surface area contributed by atoms with Crippen LogP contribution in [0.2, 0.25) is 0 Å². The van der Waals surface area contributed by atoms with Crippen LogP contribution < -0.4 is 38.1 Å². The monoisotopic (exact) mass is 1310 g/mol. The fourth-order valence-electron chi connectivity index (χ4n) is 21.9.